The minimum absolute atomic E-state index is 0.0144. The molecule has 20 heavy (non-hydrogen) atoms. The monoisotopic (exact) mass is 298 g/mol. The van der Waals surface area contributed by atoms with Crippen molar-refractivity contribution in [3.63, 3.8) is 0 Å². The summed E-state index contributed by atoms with van der Waals surface area (Å²) < 4.78 is 13.7. The number of nitrogens with zero attached hydrogens (tertiary/aromatic N) is 1. The number of hydrogen-bond donors (Lipinski definition) is 1. The van der Waals surface area contributed by atoms with E-state index in [9.17, 15) is 9.18 Å². The van der Waals surface area contributed by atoms with Crippen molar-refractivity contribution in [1.82, 2.24) is 10.2 Å². The molecule has 1 aliphatic rings. The normalized spacial score (nSPS) is 17.2. The average Bonchev–Trinajstić information content (AvgIpc) is 2.43. The third-order valence-electron chi connectivity index (χ3n) is 3.95. The highest BCUT2D eigenvalue weighted by Gasteiger charge is 2.34. The zero-order valence-corrected chi connectivity index (χ0v) is 12.6. The molecule has 1 heterocycles. The quantitative estimate of drug-likeness (QED) is 0.925. The topological polar surface area (TPSA) is 32.3 Å². The van der Waals surface area contributed by atoms with Gasteiger partial charge in [-0.3, -0.25) is 9.69 Å². The minimum Gasteiger partial charge on any atom is -0.314 e. The Hall–Kier alpha value is -0.970. The molecule has 110 valence electrons. The molecule has 1 aromatic rings. The van der Waals surface area contributed by atoms with Crippen LogP contribution in [0.4, 0.5) is 4.39 Å². The highest BCUT2D eigenvalue weighted by Crippen LogP contribution is 2.21. The standard InChI is InChI=1S/C15H20ClFN2O/c1-15(2,19-7-5-18-6-8-19)14(20)10-11-9-12(16)3-4-13(11)17/h3-4,9,18H,5-8,10H2,1-2H3. The number of Topliss-reactive ketones (excluding diaryl/α,β-unsaturated/α-hetero) is 1. The number of halogens is 2. The summed E-state index contributed by atoms with van der Waals surface area (Å²) in [5, 5.41) is 3.71. The fourth-order valence-corrected chi connectivity index (χ4v) is 2.66. The minimum atomic E-state index is -0.586. The zero-order valence-electron chi connectivity index (χ0n) is 11.9. The van der Waals surface area contributed by atoms with Gasteiger partial charge in [0.1, 0.15) is 5.82 Å². The number of rotatable bonds is 4. The van der Waals surface area contributed by atoms with Crippen molar-refractivity contribution >= 4 is 17.4 Å². The third-order valence-corrected chi connectivity index (χ3v) is 4.18. The Kier molecular flexibility index (Phi) is 4.78. The van der Waals surface area contributed by atoms with E-state index in [0.717, 1.165) is 26.2 Å². The molecule has 1 aliphatic heterocycles. The average molecular weight is 299 g/mol. The molecule has 0 spiro atoms. The van der Waals surface area contributed by atoms with Crippen LogP contribution in [-0.2, 0) is 11.2 Å². The molecule has 1 fully saturated rings. The molecule has 0 unspecified atom stereocenters. The van der Waals surface area contributed by atoms with Crippen molar-refractivity contribution in [3.05, 3.63) is 34.6 Å². The van der Waals surface area contributed by atoms with Gasteiger partial charge in [0.05, 0.1) is 5.54 Å². The fourth-order valence-electron chi connectivity index (χ4n) is 2.47. The van der Waals surface area contributed by atoms with Gasteiger partial charge in [-0.25, -0.2) is 4.39 Å². The highest BCUT2D eigenvalue weighted by atomic mass is 35.5. The summed E-state index contributed by atoms with van der Waals surface area (Å²) in [6.45, 7) is 7.23. The molecule has 1 aromatic carbocycles. The number of benzene rings is 1. The lowest BCUT2D eigenvalue weighted by molar-refractivity contribution is -0.129. The van der Waals surface area contributed by atoms with Crippen LogP contribution in [0, 0.1) is 5.82 Å². The Balaban J connectivity index is 2.11. The van der Waals surface area contributed by atoms with Gasteiger partial charge in [-0.2, -0.15) is 0 Å². The number of carbonyl (C=O) groups is 1. The van der Waals surface area contributed by atoms with Crippen LogP contribution in [0.3, 0.4) is 0 Å². The molecule has 2 rings (SSSR count). The van der Waals surface area contributed by atoms with Gasteiger partial charge in [-0.15, -0.1) is 0 Å². The van der Waals surface area contributed by atoms with Crippen LogP contribution in [0.1, 0.15) is 19.4 Å². The summed E-state index contributed by atoms with van der Waals surface area (Å²) in [6.07, 6.45) is 0.0727. The number of ketones is 1. The van der Waals surface area contributed by atoms with E-state index in [1.54, 1.807) is 0 Å². The molecule has 0 atom stereocenters. The van der Waals surface area contributed by atoms with Crippen LogP contribution >= 0.6 is 11.6 Å². The Morgan fingerprint density at radius 1 is 1.40 bits per heavy atom. The smallest absolute Gasteiger partial charge is 0.156 e. The molecule has 1 saturated heterocycles. The number of hydrogen-bond acceptors (Lipinski definition) is 3. The zero-order chi connectivity index (χ0) is 14.8. The predicted molar refractivity (Wildman–Crippen MR) is 78.6 cm³/mol. The summed E-state index contributed by atoms with van der Waals surface area (Å²) in [6, 6.07) is 4.33. The van der Waals surface area contributed by atoms with Crippen LogP contribution in [0.5, 0.6) is 0 Å². The lowest BCUT2D eigenvalue weighted by atomic mass is 9.91. The van der Waals surface area contributed by atoms with E-state index in [0.29, 0.717) is 10.6 Å². The van der Waals surface area contributed by atoms with Crippen molar-refractivity contribution in [2.45, 2.75) is 25.8 Å². The van der Waals surface area contributed by atoms with E-state index < -0.39 is 5.54 Å². The summed E-state index contributed by atoms with van der Waals surface area (Å²) in [5.41, 5.74) is -0.220. The second-order valence-electron chi connectivity index (χ2n) is 5.63. The molecule has 0 saturated carbocycles. The van der Waals surface area contributed by atoms with Gasteiger partial charge >= 0.3 is 0 Å². The predicted octanol–water partition coefficient (Wildman–Crippen LogP) is 2.27. The second-order valence-corrected chi connectivity index (χ2v) is 6.07. The first kappa shape index (κ1) is 15.4. The number of carbonyl (C=O) groups excluding carboxylic acids is 1. The van der Waals surface area contributed by atoms with Crippen LogP contribution in [0.2, 0.25) is 5.02 Å². The van der Waals surface area contributed by atoms with Crippen molar-refractivity contribution in [3.8, 4) is 0 Å². The Morgan fingerprint density at radius 2 is 2.05 bits per heavy atom. The summed E-state index contributed by atoms with van der Waals surface area (Å²) in [5.74, 6) is -0.362. The van der Waals surface area contributed by atoms with E-state index in [-0.39, 0.29) is 18.0 Å². The van der Waals surface area contributed by atoms with E-state index in [1.165, 1.54) is 18.2 Å². The van der Waals surface area contributed by atoms with Crippen LogP contribution in [0.15, 0.2) is 18.2 Å². The van der Waals surface area contributed by atoms with Gasteiger partial charge in [0.2, 0.25) is 0 Å². The van der Waals surface area contributed by atoms with Crippen LogP contribution in [-0.4, -0.2) is 42.4 Å². The maximum Gasteiger partial charge on any atom is 0.156 e. The number of nitrogens with one attached hydrogen (secondary N) is 1. The third kappa shape index (κ3) is 3.37. The van der Waals surface area contributed by atoms with Crippen LogP contribution in [0.25, 0.3) is 0 Å². The molecular formula is C15H20ClFN2O. The molecule has 1 N–H and O–H groups in total. The maximum absolute atomic E-state index is 13.7. The molecule has 3 nitrogen and oxygen atoms in total. The van der Waals surface area contributed by atoms with Gasteiger partial charge in [0.25, 0.3) is 0 Å². The lowest BCUT2D eigenvalue weighted by Gasteiger charge is -2.40. The van der Waals surface area contributed by atoms with Gasteiger partial charge in [-0.1, -0.05) is 11.6 Å². The van der Waals surface area contributed by atoms with Crippen molar-refractivity contribution in [2.24, 2.45) is 0 Å². The first-order chi connectivity index (χ1) is 9.41. The second kappa shape index (κ2) is 6.20. The molecular weight excluding hydrogens is 279 g/mol. The van der Waals surface area contributed by atoms with Gasteiger partial charge in [0, 0.05) is 37.6 Å². The Morgan fingerprint density at radius 3 is 2.70 bits per heavy atom. The van der Waals surface area contributed by atoms with Crippen LogP contribution < -0.4 is 5.32 Å². The fraction of sp³-hybridized carbons (Fsp3) is 0.533. The summed E-state index contributed by atoms with van der Waals surface area (Å²) in [4.78, 5) is 14.7. The molecule has 0 aromatic heterocycles. The van der Waals surface area contributed by atoms with Crippen molar-refractivity contribution < 1.29 is 9.18 Å². The van der Waals surface area contributed by atoms with E-state index in [1.807, 2.05) is 13.8 Å². The molecule has 0 amide bonds. The van der Waals surface area contributed by atoms with E-state index in [4.69, 9.17) is 11.6 Å². The van der Waals surface area contributed by atoms with Gasteiger partial charge in [-0.05, 0) is 37.6 Å². The Bertz CT molecular complexity index is 499. The SMILES string of the molecule is CC(C)(C(=O)Cc1cc(Cl)ccc1F)N1CCNCC1. The molecule has 0 bridgehead atoms. The molecule has 5 heteroatoms. The summed E-state index contributed by atoms with van der Waals surface area (Å²) >= 11 is 5.87. The maximum atomic E-state index is 13.7. The van der Waals surface area contributed by atoms with Gasteiger partial charge in [0.15, 0.2) is 5.78 Å². The first-order valence-electron chi connectivity index (χ1n) is 6.84. The summed E-state index contributed by atoms with van der Waals surface area (Å²) in [7, 11) is 0. The lowest BCUT2D eigenvalue weighted by Crippen LogP contribution is -2.57. The first-order valence-corrected chi connectivity index (χ1v) is 7.22. The van der Waals surface area contributed by atoms with Gasteiger partial charge < -0.3 is 5.32 Å². The number of piperazine rings is 1. The molecule has 0 radical (unpaired) electrons. The van der Waals surface area contributed by atoms with E-state index >= 15 is 0 Å². The van der Waals surface area contributed by atoms with E-state index in [2.05, 4.69) is 10.2 Å². The largest absolute Gasteiger partial charge is 0.314 e. The Labute approximate surface area is 124 Å². The van der Waals surface area contributed by atoms with Crippen molar-refractivity contribution in [2.75, 3.05) is 26.2 Å². The van der Waals surface area contributed by atoms with Crippen molar-refractivity contribution in [1.29, 1.82) is 0 Å². The highest BCUT2D eigenvalue weighted by molar-refractivity contribution is 6.30. The molecule has 0 aliphatic carbocycles.